The van der Waals surface area contributed by atoms with Gasteiger partial charge in [0.1, 0.15) is 17.2 Å². The van der Waals surface area contributed by atoms with Crippen molar-refractivity contribution in [3.63, 3.8) is 0 Å². The molecular weight excluding hydrogens is 262 g/mol. The highest BCUT2D eigenvalue weighted by atomic mass is 16.5. The maximum atomic E-state index is 12.0. The van der Waals surface area contributed by atoms with Crippen molar-refractivity contribution in [2.75, 3.05) is 7.11 Å². The Morgan fingerprint density at radius 1 is 1.30 bits per heavy atom. The van der Waals surface area contributed by atoms with Gasteiger partial charge in [-0.15, -0.1) is 0 Å². The Bertz CT molecular complexity index is 719. The van der Waals surface area contributed by atoms with Gasteiger partial charge in [-0.3, -0.25) is 4.79 Å². The number of carbonyl (C=O) groups is 2. The summed E-state index contributed by atoms with van der Waals surface area (Å²) < 4.78 is 9.54. The van der Waals surface area contributed by atoms with Crippen molar-refractivity contribution in [3.8, 4) is 0 Å². The number of esters is 1. The molecule has 0 unspecified atom stereocenters. The molecule has 1 atom stereocenters. The number of amides is 1. The Balaban J connectivity index is 2.33. The van der Waals surface area contributed by atoms with Crippen LogP contribution in [0.4, 0.5) is 0 Å². The summed E-state index contributed by atoms with van der Waals surface area (Å²) in [5.41, 5.74) is -0.507. The third-order valence-corrected chi connectivity index (χ3v) is 2.79. The van der Waals surface area contributed by atoms with Gasteiger partial charge in [-0.05, 0) is 19.1 Å². The number of fused-ring (bicyclic) bond motifs is 1. The van der Waals surface area contributed by atoms with Crippen LogP contribution in [0.5, 0.6) is 0 Å². The lowest BCUT2D eigenvalue weighted by Crippen LogP contribution is -2.40. The second-order valence-corrected chi connectivity index (χ2v) is 4.20. The molecule has 20 heavy (non-hydrogen) atoms. The third-order valence-electron chi connectivity index (χ3n) is 2.79. The van der Waals surface area contributed by atoms with Gasteiger partial charge in [-0.25, -0.2) is 9.59 Å². The van der Waals surface area contributed by atoms with Gasteiger partial charge in [-0.2, -0.15) is 0 Å². The fourth-order valence-electron chi connectivity index (χ4n) is 1.73. The van der Waals surface area contributed by atoms with Crippen LogP contribution in [-0.4, -0.2) is 25.0 Å². The van der Waals surface area contributed by atoms with E-state index < -0.39 is 23.5 Å². The fraction of sp³-hybridized carbons (Fsp3) is 0.214. The molecule has 0 fully saturated rings. The highest BCUT2D eigenvalue weighted by molar-refractivity contribution is 5.98. The van der Waals surface area contributed by atoms with Crippen molar-refractivity contribution >= 4 is 22.8 Å². The number of hydrogen-bond acceptors (Lipinski definition) is 5. The van der Waals surface area contributed by atoms with Gasteiger partial charge in [-0.1, -0.05) is 18.2 Å². The summed E-state index contributed by atoms with van der Waals surface area (Å²) in [4.78, 5) is 35.0. The molecule has 0 spiro atoms. The van der Waals surface area contributed by atoms with E-state index in [1.807, 2.05) is 0 Å². The molecule has 2 aromatic rings. The first-order valence-electron chi connectivity index (χ1n) is 5.94. The Morgan fingerprint density at radius 3 is 2.70 bits per heavy atom. The van der Waals surface area contributed by atoms with E-state index >= 15 is 0 Å². The van der Waals surface area contributed by atoms with Crippen LogP contribution < -0.4 is 10.9 Å². The molecule has 2 rings (SSSR count). The Hall–Kier alpha value is -2.63. The summed E-state index contributed by atoms with van der Waals surface area (Å²) in [5, 5.41) is 3.01. The number of rotatable bonds is 3. The summed E-state index contributed by atoms with van der Waals surface area (Å²) in [5.74, 6) is -1.27. The molecule has 1 amide bonds. The number of methoxy groups -OCH3 is 1. The van der Waals surface area contributed by atoms with Gasteiger partial charge in [0.05, 0.1) is 7.11 Å². The van der Waals surface area contributed by atoms with E-state index in [1.54, 1.807) is 24.3 Å². The van der Waals surface area contributed by atoms with Crippen LogP contribution in [0.3, 0.4) is 0 Å². The predicted molar refractivity (Wildman–Crippen MR) is 71.4 cm³/mol. The molecule has 6 heteroatoms. The quantitative estimate of drug-likeness (QED) is 0.669. The molecule has 6 nitrogen and oxygen atoms in total. The molecule has 1 N–H and O–H groups in total. The number of nitrogens with one attached hydrogen (secondary N) is 1. The molecular formula is C14H13NO5. The number of hydrogen-bond donors (Lipinski definition) is 1. The Morgan fingerprint density at radius 2 is 2.00 bits per heavy atom. The average Bonchev–Trinajstić information content (AvgIpc) is 2.45. The lowest BCUT2D eigenvalue weighted by molar-refractivity contribution is -0.142. The Labute approximate surface area is 114 Å². The lowest BCUT2D eigenvalue weighted by atomic mass is 10.1. The van der Waals surface area contributed by atoms with E-state index in [4.69, 9.17) is 4.42 Å². The van der Waals surface area contributed by atoms with Crippen LogP contribution in [0.2, 0.25) is 0 Å². The zero-order valence-electron chi connectivity index (χ0n) is 11.0. The number of ether oxygens (including phenoxy) is 1. The van der Waals surface area contributed by atoms with Crippen molar-refractivity contribution in [2.24, 2.45) is 0 Å². The average molecular weight is 275 g/mol. The molecule has 1 heterocycles. The topological polar surface area (TPSA) is 85.6 Å². The molecule has 0 aliphatic rings. The van der Waals surface area contributed by atoms with E-state index in [1.165, 1.54) is 20.1 Å². The van der Waals surface area contributed by atoms with Crippen LogP contribution in [0.15, 0.2) is 39.5 Å². The Kier molecular flexibility index (Phi) is 3.84. The minimum absolute atomic E-state index is 0.153. The van der Waals surface area contributed by atoms with Gasteiger partial charge in [0.2, 0.25) is 0 Å². The molecule has 0 aliphatic heterocycles. The number of para-hydroxylation sites is 1. The molecule has 0 bridgehead atoms. The highest BCUT2D eigenvalue weighted by Crippen LogP contribution is 2.12. The first-order chi connectivity index (χ1) is 9.52. The minimum Gasteiger partial charge on any atom is -0.467 e. The third kappa shape index (κ3) is 2.69. The SMILES string of the molecule is COC(=O)[C@@H](C)NC(=O)c1cc2ccccc2oc1=O. The standard InChI is InChI=1S/C14H13NO5/c1-8(13(17)19-2)15-12(16)10-7-9-5-3-4-6-11(9)20-14(10)18/h3-8H,1-2H3,(H,15,16)/t8-/m1/s1. The molecule has 0 radical (unpaired) electrons. The molecule has 0 saturated heterocycles. The maximum Gasteiger partial charge on any atom is 0.349 e. The van der Waals surface area contributed by atoms with Gasteiger partial charge in [0.15, 0.2) is 0 Å². The second-order valence-electron chi connectivity index (χ2n) is 4.20. The molecule has 1 aromatic heterocycles. The van der Waals surface area contributed by atoms with Crippen LogP contribution >= 0.6 is 0 Å². The van der Waals surface area contributed by atoms with Gasteiger partial charge in [0.25, 0.3) is 5.91 Å². The molecule has 0 saturated carbocycles. The first-order valence-corrected chi connectivity index (χ1v) is 5.94. The first kappa shape index (κ1) is 13.8. The van der Waals surface area contributed by atoms with E-state index in [-0.39, 0.29) is 5.56 Å². The van der Waals surface area contributed by atoms with Gasteiger partial charge >= 0.3 is 11.6 Å². The predicted octanol–water partition coefficient (Wildman–Crippen LogP) is 1.08. The van der Waals surface area contributed by atoms with Crippen LogP contribution in [0.25, 0.3) is 11.0 Å². The van der Waals surface area contributed by atoms with Crippen molar-refractivity contribution in [3.05, 3.63) is 46.3 Å². The number of benzene rings is 1. The van der Waals surface area contributed by atoms with Crippen molar-refractivity contribution in [1.29, 1.82) is 0 Å². The monoisotopic (exact) mass is 275 g/mol. The zero-order valence-corrected chi connectivity index (χ0v) is 11.0. The van der Waals surface area contributed by atoms with Crippen molar-refractivity contribution < 1.29 is 18.7 Å². The van der Waals surface area contributed by atoms with E-state index in [0.717, 1.165) is 0 Å². The van der Waals surface area contributed by atoms with E-state index in [9.17, 15) is 14.4 Å². The summed E-state index contributed by atoms with van der Waals surface area (Å²) in [6.07, 6.45) is 0. The fourth-order valence-corrected chi connectivity index (χ4v) is 1.73. The van der Waals surface area contributed by atoms with Crippen LogP contribution in [0.1, 0.15) is 17.3 Å². The summed E-state index contributed by atoms with van der Waals surface area (Å²) >= 11 is 0. The summed E-state index contributed by atoms with van der Waals surface area (Å²) in [6, 6.07) is 7.43. The maximum absolute atomic E-state index is 12.0. The molecule has 104 valence electrons. The van der Waals surface area contributed by atoms with Gasteiger partial charge in [0, 0.05) is 5.39 Å². The summed E-state index contributed by atoms with van der Waals surface area (Å²) in [7, 11) is 1.22. The normalized spacial score (nSPS) is 11.9. The largest absolute Gasteiger partial charge is 0.467 e. The summed E-state index contributed by atoms with van der Waals surface area (Å²) in [6.45, 7) is 1.46. The highest BCUT2D eigenvalue weighted by Gasteiger charge is 2.20. The van der Waals surface area contributed by atoms with Crippen molar-refractivity contribution in [2.45, 2.75) is 13.0 Å². The minimum atomic E-state index is -0.849. The molecule has 1 aromatic carbocycles. The van der Waals surface area contributed by atoms with E-state index in [0.29, 0.717) is 11.0 Å². The van der Waals surface area contributed by atoms with Gasteiger partial charge < -0.3 is 14.5 Å². The molecule has 0 aliphatic carbocycles. The number of carbonyl (C=O) groups excluding carboxylic acids is 2. The zero-order chi connectivity index (χ0) is 14.7. The van der Waals surface area contributed by atoms with Crippen LogP contribution in [-0.2, 0) is 9.53 Å². The second kappa shape index (κ2) is 5.56. The lowest BCUT2D eigenvalue weighted by Gasteiger charge is -2.10. The smallest absolute Gasteiger partial charge is 0.349 e. The van der Waals surface area contributed by atoms with Crippen LogP contribution in [0, 0.1) is 0 Å². The van der Waals surface area contributed by atoms with Crippen molar-refractivity contribution in [1.82, 2.24) is 5.32 Å². The van der Waals surface area contributed by atoms with E-state index in [2.05, 4.69) is 10.1 Å².